The summed E-state index contributed by atoms with van der Waals surface area (Å²) in [4.78, 5) is 12.6. The summed E-state index contributed by atoms with van der Waals surface area (Å²) in [6, 6.07) is 11.5. The summed E-state index contributed by atoms with van der Waals surface area (Å²) < 4.78 is 38.4. The second-order valence-electron chi connectivity index (χ2n) is 7.27. The number of methoxy groups -OCH3 is 2. The van der Waals surface area contributed by atoms with Gasteiger partial charge in [-0.2, -0.15) is 0 Å². The highest BCUT2D eigenvalue weighted by molar-refractivity contribution is 7.89. The predicted molar refractivity (Wildman–Crippen MR) is 108 cm³/mol. The van der Waals surface area contributed by atoms with Crippen LogP contribution in [-0.4, -0.2) is 34.1 Å². The second-order valence-corrected chi connectivity index (χ2v) is 8.92. The molecule has 0 atom stereocenters. The maximum Gasteiger partial charge on any atom is 0.255 e. The van der Waals surface area contributed by atoms with E-state index >= 15 is 0 Å². The first-order chi connectivity index (χ1) is 13.1. The Morgan fingerprint density at radius 1 is 1.07 bits per heavy atom. The van der Waals surface area contributed by atoms with Gasteiger partial charge in [0.05, 0.1) is 13.7 Å². The van der Waals surface area contributed by atoms with E-state index in [2.05, 4.69) is 10.0 Å². The zero-order valence-electron chi connectivity index (χ0n) is 16.7. The first-order valence-electron chi connectivity index (χ1n) is 8.67. The van der Waals surface area contributed by atoms with Crippen LogP contribution in [0.4, 0.5) is 5.69 Å². The van der Waals surface area contributed by atoms with E-state index in [-0.39, 0.29) is 16.2 Å². The molecule has 0 heterocycles. The number of para-hydroxylation sites is 1. The summed E-state index contributed by atoms with van der Waals surface area (Å²) in [5.74, 6) is -0.272. The quantitative estimate of drug-likeness (QED) is 0.737. The third-order valence-electron chi connectivity index (χ3n) is 3.72. The molecule has 28 heavy (non-hydrogen) atoms. The van der Waals surface area contributed by atoms with E-state index in [1.165, 1.54) is 25.3 Å². The van der Waals surface area contributed by atoms with Crippen molar-refractivity contribution in [3.05, 3.63) is 53.6 Å². The molecule has 2 aromatic carbocycles. The van der Waals surface area contributed by atoms with Crippen molar-refractivity contribution in [3.63, 3.8) is 0 Å². The van der Waals surface area contributed by atoms with Crippen LogP contribution in [0.15, 0.2) is 47.4 Å². The van der Waals surface area contributed by atoms with Crippen molar-refractivity contribution in [2.45, 2.75) is 37.8 Å². The van der Waals surface area contributed by atoms with Crippen molar-refractivity contribution in [1.29, 1.82) is 0 Å². The number of nitrogens with one attached hydrogen (secondary N) is 2. The third kappa shape index (κ3) is 5.54. The Balaban J connectivity index is 2.39. The normalized spacial score (nSPS) is 11.9. The number of carbonyl (C=O) groups excluding carboxylic acids is 1. The van der Waals surface area contributed by atoms with Gasteiger partial charge < -0.3 is 14.8 Å². The van der Waals surface area contributed by atoms with Gasteiger partial charge in [-0.1, -0.05) is 18.2 Å². The van der Waals surface area contributed by atoms with Crippen LogP contribution >= 0.6 is 0 Å². The highest BCUT2D eigenvalue weighted by atomic mass is 32.2. The van der Waals surface area contributed by atoms with Gasteiger partial charge >= 0.3 is 0 Å². The van der Waals surface area contributed by atoms with Crippen LogP contribution in [0.25, 0.3) is 0 Å². The fraction of sp³-hybridized carbons (Fsp3) is 0.350. The molecule has 0 aliphatic heterocycles. The molecule has 0 aliphatic rings. The topological polar surface area (TPSA) is 93.7 Å². The van der Waals surface area contributed by atoms with Gasteiger partial charge in [-0.05, 0) is 45.0 Å². The summed E-state index contributed by atoms with van der Waals surface area (Å²) in [7, 11) is -0.929. The summed E-state index contributed by atoms with van der Waals surface area (Å²) in [6.07, 6.45) is 0. The highest BCUT2D eigenvalue weighted by Crippen LogP contribution is 2.27. The van der Waals surface area contributed by atoms with Crippen LogP contribution in [-0.2, 0) is 21.4 Å². The molecule has 0 saturated carbocycles. The molecule has 8 heteroatoms. The standard InChI is InChI=1S/C20H26N2O5S/c1-20(2,3)22-28(24,25)18-12-14(10-11-17(18)27-5)19(23)21-16-9-7-6-8-15(16)13-26-4/h6-12,22H,13H2,1-5H3,(H,21,23). The predicted octanol–water partition coefficient (Wildman–Crippen LogP) is 3.17. The third-order valence-corrected chi connectivity index (χ3v) is 5.50. The van der Waals surface area contributed by atoms with Crippen LogP contribution in [0.5, 0.6) is 5.75 Å². The van der Waals surface area contributed by atoms with Crippen molar-refractivity contribution in [3.8, 4) is 5.75 Å². The summed E-state index contributed by atoms with van der Waals surface area (Å²) >= 11 is 0. The van der Waals surface area contributed by atoms with Crippen LogP contribution in [0, 0.1) is 0 Å². The van der Waals surface area contributed by atoms with Gasteiger partial charge in [0.1, 0.15) is 10.6 Å². The molecule has 0 spiro atoms. The lowest BCUT2D eigenvalue weighted by molar-refractivity contribution is 0.102. The van der Waals surface area contributed by atoms with Gasteiger partial charge in [0.25, 0.3) is 5.91 Å². The van der Waals surface area contributed by atoms with E-state index in [1.54, 1.807) is 40.0 Å². The van der Waals surface area contributed by atoms with Crippen LogP contribution < -0.4 is 14.8 Å². The minimum Gasteiger partial charge on any atom is -0.495 e. The lowest BCUT2D eigenvalue weighted by Crippen LogP contribution is -2.40. The zero-order chi connectivity index (χ0) is 20.9. The van der Waals surface area contributed by atoms with Crippen molar-refractivity contribution >= 4 is 21.6 Å². The monoisotopic (exact) mass is 406 g/mol. The Hall–Kier alpha value is -2.42. The van der Waals surface area contributed by atoms with Gasteiger partial charge in [-0.15, -0.1) is 0 Å². The maximum absolute atomic E-state index is 12.8. The fourth-order valence-corrected chi connectivity index (χ4v) is 4.22. The molecule has 1 amide bonds. The Kier molecular flexibility index (Phi) is 6.82. The highest BCUT2D eigenvalue weighted by Gasteiger charge is 2.26. The Labute approximate surface area is 166 Å². The largest absolute Gasteiger partial charge is 0.495 e. The molecule has 0 aliphatic carbocycles. The first kappa shape index (κ1) is 21.9. The van der Waals surface area contributed by atoms with E-state index in [9.17, 15) is 13.2 Å². The van der Waals surface area contributed by atoms with E-state index < -0.39 is 21.5 Å². The molecule has 2 rings (SSSR count). The average Bonchev–Trinajstić information content (AvgIpc) is 2.61. The minimum atomic E-state index is -3.88. The van der Waals surface area contributed by atoms with Gasteiger partial charge in [0.2, 0.25) is 10.0 Å². The molecule has 2 N–H and O–H groups in total. The number of sulfonamides is 1. The van der Waals surface area contributed by atoms with Gasteiger partial charge in [0.15, 0.2) is 0 Å². The SMILES string of the molecule is COCc1ccccc1NC(=O)c1ccc(OC)c(S(=O)(=O)NC(C)(C)C)c1. The molecule has 2 aromatic rings. The molecule has 0 radical (unpaired) electrons. The number of anilines is 1. The smallest absolute Gasteiger partial charge is 0.255 e. The zero-order valence-corrected chi connectivity index (χ0v) is 17.5. The van der Waals surface area contributed by atoms with E-state index in [0.29, 0.717) is 12.3 Å². The molecular formula is C20H26N2O5S. The lowest BCUT2D eigenvalue weighted by atomic mass is 10.1. The van der Waals surface area contributed by atoms with Crippen molar-refractivity contribution in [2.75, 3.05) is 19.5 Å². The van der Waals surface area contributed by atoms with Crippen molar-refractivity contribution < 1.29 is 22.7 Å². The Morgan fingerprint density at radius 2 is 1.75 bits per heavy atom. The maximum atomic E-state index is 12.8. The molecule has 152 valence electrons. The second kappa shape index (κ2) is 8.72. The molecule has 0 saturated heterocycles. The molecule has 0 bridgehead atoms. The van der Waals surface area contributed by atoms with Gasteiger partial charge in [0, 0.05) is 29.5 Å². The summed E-state index contributed by atoms with van der Waals surface area (Å²) in [5, 5.41) is 2.80. The fourth-order valence-electron chi connectivity index (χ4n) is 2.60. The summed E-state index contributed by atoms with van der Waals surface area (Å²) in [5.41, 5.74) is 0.931. The Bertz CT molecular complexity index is 949. The van der Waals surface area contributed by atoms with Crippen molar-refractivity contribution in [1.82, 2.24) is 4.72 Å². The average molecular weight is 407 g/mol. The number of amides is 1. The lowest BCUT2D eigenvalue weighted by Gasteiger charge is -2.21. The molecule has 0 aromatic heterocycles. The number of benzene rings is 2. The van der Waals surface area contributed by atoms with E-state index in [1.807, 2.05) is 12.1 Å². The Morgan fingerprint density at radius 3 is 2.36 bits per heavy atom. The first-order valence-corrected chi connectivity index (χ1v) is 10.2. The van der Waals surface area contributed by atoms with Crippen molar-refractivity contribution in [2.24, 2.45) is 0 Å². The van der Waals surface area contributed by atoms with Crippen LogP contribution in [0.2, 0.25) is 0 Å². The van der Waals surface area contributed by atoms with E-state index in [0.717, 1.165) is 5.56 Å². The minimum absolute atomic E-state index is 0.0947. The summed E-state index contributed by atoms with van der Waals surface area (Å²) in [6.45, 7) is 5.55. The molecular weight excluding hydrogens is 380 g/mol. The van der Waals surface area contributed by atoms with E-state index in [4.69, 9.17) is 9.47 Å². The number of rotatable bonds is 7. The van der Waals surface area contributed by atoms with Gasteiger partial charge in [-0.3, -0.25) is 4.79 Å². The van der Waals surface area contributed by atoms with Gasteiger partial charge in [-0.25, -0.2) is 13.1 Å². The number of hydrogen-bond acceptors (Lipinski definition) is 5. The van der Waals surface area contributed by atoms with Crippen LogP contribution in [0.3, 0.4) is 0 Å². The number of ether oxygens (including phenoxy) is 2. The molecule has 7 nitrogen and oxygen atoms in total. The van der Waals surface area contributed by atoms with Crippen LogP contribution in [0.1, 0.15) is 36.7 Å². The number of carbonyl (C=O) groups is 1. The number of hydrogen-bond donors (Lipinski definition) is 2. The molecule has 0 fully saturated rings. The molecule has 0 unspecified atom stereocenters.